The SMILES string of the molecule is NCC(=O)c1cc2c(cc1Br)OC1(CCCC1)O2. The van der Waals surface area contributed by atoms with E-state index in [4.69, 9.17) is 15.2 Å². The van der Waals surface area contributed by atoms with E-state index >= 15 is 0 Å². The van der Waals surface area contributed by atoms with Gasteiger partial charge in [0.1, 0.15) is 0 Å². The molecule has 1 heterocycles. The topological polar surface area (TPSA) is 61.6 Å². The zero-order valence-corrected chi connectivity index (χ0v) is 11.5. The molecular formula is C13H14BrNO3. The first-order valence-electron chi connectivity index (χ1n) is 6.08. The summed E-state index contributed by atoms with van der Waals surface area (Å²) in [5, 5.41) is 0. The molecule has 1 aromatic rings. The first-order chi connectivity index (χ1) is 8.63. The predicted molar refractivity (Wildman–Crippen MR) is 70.0 cm³/mol. The van der Waals surface area contributed by atoms with Crippen LogP contribution in [0.3, 0.4) is 0 Å². The van der Waals surface area contributed by atoms with Gasteiger partial charge in [-0.15, -0.1) is 0 Å². The molecule has 1 aliphatic carbocycles. The second kappa shape index (κ2) is 4.24. The highest BCUT2D eigenvalue weighted by molar-refractivity contribution is 9.10. The van der Waals surface area contributed by atoms with Crippen molar-refractivity contribution in [2.45, 2.75) is 31.5 Å². The van der Waals surface area contributed by atoms with Crippen molar-refractivity contribution in [1.82, 2.24) is 0 Å². The van der Waals surface area contributed by atoms with Crippen LogP contribution in [0.1, 0.15) is 36.0 Å². The van der Waals surface area contributed by atoms with Gasteiger partial charge in [-0.05, 0) is 40.9 Å². The monoisotopic (exact) mass is 311 g/mol. The van der Waals surface area contributed by atoms with Crippen molar-refractivity contribution in [2.24, 2.45) is 5.73 Å². The molecular weight excluding hydrogens is 298 g/mol. The van der Waals surface area contributed by atoms with E-state index in [9.17, 15) is 4.79 Å². The number of carbonyl (C=O) groups is 1. The Bertz CT molecular complexity index is 509. The molecule has 18 heavy (non-hydrogen) atoms. The normalized spacial score (nSPS) is 19.4. The summed E-state index contributed by atoms with van der Waals surface area (Å²) >= 11 is 3.38. The summed E-state index contributed by atoms with van der Waals surface area (Å²) < 4.78 is 12.5. The molecule has 0 radical (unpaired) electrons. The van der Waals surface area contributed by atoms with Gasteiger partial charge in [-0.25, -0.2) is 0 Å². The van der Waals surface area contributed by atoms with E-state index in [1.165, 1.54) is 0 Å². The van der Waals surface area contributed by atoms with Gasteiger partial charge in [0, 0.05) is 22.9 Å². The van der Waals surface area contributed by atoms with E-state index < -0.39 is 5.79 Å². The van der Waals surface area contributed by atoms with Crippen LogP contribution in [0.25, 0.3) is 0 Å². The predicted octanol–water partition coefficient (Wildman–Crippen LogP) is 2.63. The maximum absolute atomic E-state index is 11.7. The van der Waals surface area contributed by atoms with Crippen LogP contribution in [0.5, 0.6) is 11.5 Å². The molecule has 0 atom stereocenters. The maximum Gasteiger partial charge on any atom is 0.251 e. The van der Waals surface area contributed by atoms with Crippen molar-refractivity contribution in [3.05, 3.63) is 22.2 Å². The van der Waals surface area contributed by atoms with E-state index in [1.807, 2.05) is 0 Å². The Labute approximate surface area is 114 Å². The summed E-state index contributed by atoms with van der Waals surface area (Å²) in [5.74, 6) is 0.751. The van der Waals surface area contributed by atoms with Crippen molar-refractivity contribution in [3.63, 3.8) is 0 Å². The lowest BCUT2D eigenvalue weighted by Gasteiger charge is -2.21. The third-order valence-corrected chi connectivity index (χ3v) is 4.13. The molecule has 2 aliphatic rings. The van der Waals surface area contributed by atoms with Crippen molar-refractivity contribution >= 4 is 21.7 Å². The Morgan fingerprint density at radius 1 is 1.28 bits per heavy atom. The Kier molecular flexibility index (Phi) is 2.83. The lowest BCUT2D eigenvalue weighted by molar-refractivity contribution is -0.0716. The maximum atomic E-state index is 11.7. The minimum atomic E-state index is -0.494. The van der Waals surface area contributed by atoms with Crippen molar-refractivity contribution in [1.29, 1.82) is 0 Å². The molecule has 1 aliphatic heterocycles. The summed E-state index contributed by atoms with van der Waals surface area (Å²) in [4.78, 5) is 11.7. The number of hydrogen-bond acceptors (Lipinski definition) is 4. The minimum absolute atomic E-state index is 0.0105. The van der Waals surface area contributed by atoms with Gasteiger partial charge in [0.2, 0.25) is 0 Å². The average molecular weight is 312 g/mol. The van der Waals surface area contributed by atoms with Crippen LogP contribution in [0.15, 0.2) is 16.6 Å². The first kappa shape index (κ1) is 12.0. The third kappa shape index (κ3) is 1.82. The Hall–Kier alpha value is -1.07. The van der Waals surface area contributed by atoms with Crippen LogP contribution >= 0.6 is 15.9 Å². The average Bonchev–Trinajstić information content (AvgIpc) is 2.94. The Morgan fingerprint density at radius 3 is 2.50 bits per heavy atom. The number of benzene rings is 1. The second-order valence-electron chi connectivity index (χ2n) is 4.73. The highest BCUT2D eigenvalue weighted by Crippen LogP contribution is 2.48. The van der Waals surface area contributed by atoms with Gasteiger partial charge >= 0.3 is 0 Å². The molecule has 1 aromatic carbocycles. The van der Waals surface area contributed by atoms with Gasteiger partial charge in [0.25, 0.3) is 5.79 Å². The summed E-state index contributed by atoms with van der Waals surface area (Å²) in [6, 6.07) is 3.52. The quantitative estimate of drug-likeness (QED) is 0.853. The van der Waals surface area contributed by atoms with Gasteiger partial charge in [0.05, 0.1) is 6.54 Å². The number of Topliss-reactive ketones (excluding diaryl/α,β-unsaturated/α-hetero) is 1. The van der Waals surface area contributed by atoms with Crippen LogP contribution in [0, 0.1) is 0 Å². The van der Waals surface area contributed by atoms with Crippen LogP contribution < -0.4 is 15.2 Å². The Morgan fingerprint density at radius 2 is 1.89 bits per heavy atom. The summed E-state index contributed by atoms with van der Waals surface area (Å²) in [5.41, 5.74) is 5.94. The second-order valence-corrected chi connectivity index (χ2v) is 5.58. The highest BCUT2D eigenvalue weighted by Gasteiger charge is 2.44. The van der Waals surface area contributed by atoms with Crippen molar-refractivity contribution in [2.75, 3.05) is 6.54 Å². The lowest BCUT2D eigenvalue weighted by Crippen LogP contribution is -2.34. The number of ether oxygens (including phenoxy) is 2. The standard InChI is InChI=1S/C13H14BrNO3/c14-9-6-12-11(5-8(9)10(16)7-15)17-13(18-12)3-1-2-4-13/h5-6H,1-4,7,15H2. The molecule has 0 amide bonds. The largest absolute Gasteiger partial charge is 0.448 e. The molecule has 2 N–H and O–H groups in total. The van der Waals surface area contributed by atoms with Crippen molar-refractivity contribution in [3.8, 4) is 11.5 Å². The molecule has 4 nitrogen and oxygen atoms in total. The van der Waals surface area contributed by atoms with Gasteiger partial charge in [0.15, 0.2) is 17.3 Å². The van der Waals surface area contributed by atoms with E-state index in [-0.39, 0.29) is 12.3 Å². The van der Waals surface area contributed by atoms with E-state index in [0.29, 0.717) is 21.5 Å². The molecule has 1 fully saturated rings. The number of ketones is 1. The number of rotatable bonds is 2. The molecule has 3 rings (SSSR count). The fraction of sp³-hybridized carbons (Fsp3) is 0.462. The van der Waals surface area contributed by atoms with Gasteiger partial charge in [-0.2, -0.15) is 0 Å². The minimum Gasteiger partial charge on any atom is -0.448 e. The number of nitrogens with two attached hydrogens (primary N) is 1. The van der Waals surface area contributed by atoms with Gasteiger partial charge < -0.3 is 15.2 Å². The molecule has 5 heteroatoms. The van der Waals surface area contributed by atoms with Crippen LogP contribution in [0.4, 0.5) is 0 Å². The fourth-order valence-electron chi connectivity index (χ4n) is 2.56. The summed E-state index contributed by atoms with van der Waals surface area (Å²) in [6.45, 7) is -0.0105. The fourth-order valence-corrected chi connectivity index (χ4v) is 3.10. The molecule has 0 bridgehead atoms. The van der Waals surface area contributed by atoms with E-state index in [1.54, 1.807) is 12.1 Å². The zero-order valence-electron chi connectivity index (χ0n) is 9.87. The Balaban J connectivity index is 1.97. The molecule has 1 saturated carbocycles. The zero-order chi connectivity index (χ0) is 12.8. The van der Waals surface area contributed by atoms with Crippen LogP contribution in [0.2, 0.25) is 0 Å². The number of carbonyl (C=O) groups excluding carboxylic acids is 1. The molecule has 1 spiro atoms. The molecule has 0 aromatic heterocycles. The molecule has 96 valence electrons. The molecule has 0 unspecified atom stereocenters. The smallest absolute Gasteiger partial charge is 0.251 e. The highest BCUT2D eigenvalue weighted by atomic mass is 79.9. The first-order valence-corrected chi connectivity index (χ1v) is 6.88. The van der Waals surface area contributed by atoms with Crippen molar-refractivity contribution < 1.29 is 14.3 Å². The van der Waals surface area contributed by atoms with E-state index in [0.717, 1.165) is 25.7 Å². The van der Waals surface area contributed by atoms with Gasteiger partial charge in [-0.1, -0.05) is 0 Å². The number of fused-ring (bicyclic) bond motifs is 1. The summed E-state index contributed by atoms with van der Waals surface area (Å²) in [6.07, 6.45) is 4.03. The summed E-state index contributed by atoms with van der Waals surface area (Å²) in [7, 11) is 0. The van der Waals surface area contributed by atoms with E-state index in [2.05, 4.69) is 15.9 Å². The van der Waals surface area contributed by atoms with Crippen LogP contribution in [-0.4, -0.2) is 18.1 Å². The number of halogens is 1. The molecule has 0 saturated heterocycles. The third-order valence-electron chi connectivity index (χ3n) is 3.48. The van der Waals surface area contributed by atoms with Crippen LogP contribution in [-0.2, 0) is 0 Å². The lowest BCUT2D eigenvalue weighted by atomic mass is 10.1. The number of hydrogen-bond donors (Lipinski definition) is 1. The van der Waals surface area contributed by atoms with Gasteiger partial charge in [-0.3, -0.25) is 4.79 Å².